The molecule has 28 heavy (non-hydrogen) atoms. The van der Waals surface area contributed by atoms with Crippen molar-refractivity contribution in [3.05, 3.63) is 59.4 Å². The Kier molecular flexibility index (Phi) is 5.21. The third-order valence-electron chi connectivity index (χ3n) is 5.41. The summed E-state index contributed by atoms with van der Waals surface area (Å²) in [7, 11) is 2.15. The second-order valence-corrected chi connectivity index (χ2v) is 7.38. The summed E-state index contributed by atoms with van der Waals surface area (Å²) in [5.74, 6) is 0.326. The van der Waals surface area contributed by atoms with Crippen LogP contribution in [0.1, 0.15) is 46.9 Å². The average molecular weight is 376 g/mol. The zero-order chi connectivity index (χ0) is 19.5. The van der Waals surface area contributed by atoms with Gasteiger partial charge in [-0.3, -0.25) is 9.69 Å². The molecule has 3 aromatic rings. The summed E-state index contributed by atoms with van der Waals surface area (Å²) in [6, 6.07) is 11.8. The Morgan fingerprint density at radius 2 is 2.14 bits per heavy atom. The van der Waals surface area contributed by atoms with Crippen LogP contribution in [0.5, 0.6) is 0 Å². The summed E-state index contributed by atoms with van der Waals surface area (Å²) < 4.78 is 0. The monoisotopic (exact) mass is 376 g/mol. The van der Waals surface area contributed by atoms with Crippen molar-refractivity contribution < 1.29 is 9.59 Å². The number of hydrogen-bond acceptors (Lipinski definition) is 4. The van der Waals surface area contributed by atoms with Gasteiger partial charge in [0.15, 0.2) is 0 Å². The zero-order valence-corrected chi connectivity index (χ0v) is 15.9. The second-order valence-electron chi connectivity index (χ2n) is 7.38. The Bertz CT molecular complexity index is 993. The van der Waals surface area contributed by atoms with Crippen LogP contribution >= 0.6 is 0 Å². The predicted octanol–water partition coefficient (Wildman–Crippen LogP) is 3.71. The Balaban J connectivity index is 1.48. The largest absolute Gasteiger partial charge is 0.357 e. The highest BCUT2D eigenvalue weighted by Crippen LogP contribution is 2.32. The number of nitrogens with one attached hydrogen (secondary N) is 2. The molecule has 1 fully saturated rings. The average Bonchev–Trinajstić information content (AvgIpc) is 3.32. The molecule has 144 valence electrons. The van der Waals surface area contributed by atoms with Gasteiger partial charge in [-0.2, -0.15) is 0 Å². The van der Waals surface area contributed by atoms with E-state index in [1.165, 1.54) is 12.1 Å². The number of amides is 1. The lowest BCUT2D eigenvalue weighted by Gasteiger charge is -2.17. The highest BCUT2D eigenvalue weighted by atomic mass is 16.1. The number of nitrogens with zero attached hydrogens (tertiary/aromatic N) is 2. The van der Waals surface area contributed by atoms with Crippen LogP contribution in [0, 0.1) is 0 Å². The molecule has 1 aliphatic rings. The van der Waals surface area contributed by atoms with Crippen LogP contribution in [0.15, 0.2) is 42.6 Å². The number of likely N-dealkylation sites (tertiary alicyclic amines) is 1. The van der Waals surface area contributed by atoms with Crippen LogP contribution in [-0.2, 0) is 11.2 Å². The third-order valence-corrected chi connectivity index (χ3v) is 5.41. The van der Waals surface area contributed by atoms with E-state index in [2.05, 4.69) is 33.3 Å². The maximum Gasteiger partial charge on any atom is 0.256 e. The molecule has 0 unspecified atom stereocenters. The molecule has 0 aliphatic carbocycles. The summed E-state index contributed by atoms with van der Waals surface area (Å²) >= 11 is 0. The molecule has 1 saturated heterocycles. The fraction of sp³-hybridized carbons (Fsp3) is 0.318. The van der Waals surface area contributed by atoms with Gasteiger partial charge in [-0.05, 0) is 56.6 Å². The lowest BCUT2D eigenvalue weighted by atomic mass is 10.1. The first-order valence-corrected chi connectivity index (χ1v) is 9.67. The molecule has 3 heterocycles. The lowest BCUT2D eigenvalue weighted by molar-refractivity contribution is -0.107. The minimum Gasteiger partial charge on any atom is -0.357 e. The van der Waals surface area contributed by atoms with Gasteiger partial charge in [-0.1, -0.05) is 12.1 Å². The number of aryl methyl sites for hydroxylation is 1. The van der Waals surface area contributed by atoms with Crippen molar-refractivity contribution in [1.82, 2.24) is 14.9 Å². The van der Waals surface area contributed by atoms with Crippen LogP contribution in [0.25, 0.3) is 10.9 Å². The number of benzene rings is 1. The summed E-state index contributed by atoms with van der Waals surface area (Å²) in [6.07, 6.45) is 6.24. The number of aromatic nitrogens is 2. The zero-order valence-electron chi connectivity index (χ0n) is 15.9. The molecular weight excluding hydrogens is 352 g/mol. The number of carbonyl (C=O) groups is 2. The fourth-order valence-electron chi connectivity index (χ4n) is 3.84. The molecular formula is C22H24N4O2. The van der Waals surface area contributed by atoms with Crippen LogP contribution < -0.4 is 5.32 Å². The highest BCUT2D eigenvalue weighted by Gasteiger charge is 2.24. The van der Waals surface area contributed by atoms with Gasteiger partial charge in [-0.25, -0.2) is 4.98 Å². The molecule has 6 nitrogen and oxygen atoms in total. The van der Waals surface area contributed by atoms with Gasteiger partial charge in [0.25, 0.3) is 5.91 Å². The molecule has 1 aliphatic heterocycles. The van der Waals surface area contributed by atoms with E-state index >= 15 is 0 Å². The van der Waals surface area contributed by atoms with Gasteiger partial charge in [0.05, 0.1) is 5.52 Å². The summed E-state index contributed by atoms with van der Waals surface area (Å²) in [4.78, 5) is 33.2. The smallest absolute Gasteiger partial charge is 0.256 e. The molecule has 0 radical (unpaired) electrons. The number of hydrogen-bond donors (Lipinski definition) is 2. The van der Waals surface area contributed by atoms with Gasteiger partial charge in [-0.15, -0.1) is 0 Å². The molecule has 1 aromatic carbocycles. The van der Waals surface area contributed by atoms with Gasteiger partial charge < -0.3 is 15.1 Å². The van der Waals surface area contributed by atoms with E-state index < -0.39 is 0 Å². The molecule has 1 amide bonds. The van der Waals surface area contributed by atoms with Gasteiger partial charge in [0.1, 0.15) is 12.1 Å². The van der Waals surface area contributed by atoms with Gasteiger partial charge in [0.2, 0.25) is 0 Å². The number of pyridine rings is 1. The molecule has 6 heteroatoms. The standard InChI is InChI=1S/C22H24N4O2/c1-26-10-2-5-20(26)19-12-17-14-23-21(13-18(17)24-19)25-22(28)16-8-6-15(7-9-16)4-3-11-27/h6-9,11-14,20,24H,2-5,10H2,1H3,(H,23,25,28)/t20-/m1/s1. The number of aromatic amines is 1. The number of fused-ring (bicyclic) bond motifs is 1. The van der Waals surface area contributed by atoms with Gasteiger partial charge in [0, 0.05) is 41.4 Å². The van der Waals surface area contributed by atoms with Gasteiger partial charge >= 0.3 is 0 Å². The number of aldehydes is 1. The highest BCUT2D eigenvalue weighted by molar-refractivity contribution is 6.04. The fourth-order valence-corrected chi connectivity index (χ4v) is 3.84. The number of carbonyl (C=O) groups excluding carboxylic acids is 2. The van der Waals surface area contributed by atoms with Crippen molar-refractivity contribution in [2.24, 2.45) is 0 Å². The molecule has 4 rings (SSSR count). The number of H-pyrrole nitrogens is 1. The first-order valence-electron chi connectivity index (χ1n) is 9.67. The quantitative estimate of drug-likeness (QED) is 0.643. The third kappa shape index (κ3) is 3.82. The van der Waals surface area contributed by atoms with Crippen molar-refractivity contribution >= 4 is 28.9 Å². The number of rotatable bonds is 6. The lowest BCUT2D eigenvalue weighted by Crippen LogP contribution is -2.17. The van der Waals surface area contributed by atoms with E-state index in [0.29, 0.717) is 30.3 Å². The summed E-state index contributed by atoms with van der Waals surface area (Å²) in [6.45, 7) is 1.12. The van der Waals surface area contributed by atoms with Crippen LogP contribution in [0.4, 0.5) is 5.82 Å². The normalized spacial score (nSPS) is 17.1. The molecule has 0 bridgehead atoms. The van der Waals surface area contributed by atoms with Crippen LogP contribution in [-0.4, -0.2) is 40.7 Å². The van der Waals surface area contributed by atoms with E-state index in [-0.39, 0.29) is 5.91 Å². The van der Waals surface area contributed by atoms with Crippen molar-refractivity contribution in [2.75, 3.05) is 18.9 Å². The van der Waals surface area contributed by atoms with Crippen molar-refractivity contribution in [2.45, 2.75) is 31.7 Å². The molecule has 0 spiro atoms. The maximum atomic E-state index is 12.5. The van der Waals surface area contributed by atoms with Crippen LogP contribution in [0.3, 0.4) is 0 Å². The Morgan fingerprint density at radius 3 is 2.86 bits per heavy atom. The predicted molar refractivity (Wildman–Crippen MR) is 109 cm³/mol. The van der Waals surface area contributed by atoms with E-state index in [4.69, 9.17) is 0 Å². The molecule has 1 atom stereocenters. The molecule has 2 N–H and O–H groups in total. The Hall–Kier alpha value is -2.99. The number of anilines is 1. The topological polar surface area (TPSA) is 78.1 Å². The van der Waals surface area contributed by atoms with Crippen molar-refractivity contribution in [1.29, 1.82) is 0 Å². The first-order chi connectivity index (χ1) is 13.6. The molecule has 2 aromatic heterocycles. The first kappa shape index (κ1) is 18.4. The van der Waals surface area contributed by atoms with Crippen molar-refractivity contribution in [3.63, 3.8) is 0 Å². The second kappa shape index (κ2) is 7.94. The minimum atomic E-state index is -0.198. The van der Waals surface area contributed by atoms with E-state index in [1.807, 2.05) is 18.2 Å². The van der Waals surface area contributed by atoms with Crippen LogP contribution in [0.2, 0.25) is 0 Å². The van der Waals surface area contributed by atoms with E-state index in [9.17, 15) is 9.59 Å². The van der Waals surface area contributed by atoms with E-state index in [1.54, 1.807) is 18.3 Å². The summed E-state index contributed by atoms with van der Waals surface area (Å²) in [5, 5.41) is 3.91. The minimum absolute atomic E-state index is 0.198. The Labute approximate surface area is 164 Å². The SMILES string of the molecule is CN1CCC[C@@H]1c1cc2cnc(NC(=O)c3ccc(CCC=O)cc3)cc2[nH]1. The van der Waals surface area contributed by atoms with E-state index in [0.717, 1.165) is 35.7 Å². The molecule has 0 saturated carbocycles. The van der Waals surface area contributed by atoms with Crippen molar-refractivity contribution in [3.8, 4) is 0 Å². The maximum absolute atomic E-state index is 12.5. The Morgan fingerprint density at radius 1 is 1.32 bits per heavy atom. The summed E-state index contributed by atoms with van der Waals surface area (Å²) in [5.41, 5.74) is 3.78.